The van der Waals surface area contributed by atoms with Crippen LogP contribution in [0.3, 0.4) is 0 Å². The van der Waals surface area contributed by atoms with E-state index in [1.807, 2.05) is 6.92 Å². The summed E-state index contributed by atoms with van der Waals surface area (Å²) >= 11 is 0. The minimum absolute atomic E-state index is 0.0478. The molecule has 2 N–H and O–H groups in total. The number of carbonyl (C=O) groups is 2. The zero-order valence-electron chi connectivity index (χ0n) is 19.4. The highest BCUT2D eigenvalue weighted by molar-refractivity contribution is 5.91. The van der Waals surface area contributed by atoms with Crippen molar-refractivity contribution in [1.29, 1.82) is 0 Å². The minimum Gasteiger partial charge on any atom is -0.454 e. The van der Waals surface area contributed by atoms with Gasteiger partial charge in [0, 0.05) is 13.0 Å². The molecule has 3 heterocycles. The number of methoxy groups -OCH3 is 1. The molecule has 4 atom stereocenters. The molecular formula is C20H26F3N5O7. The lowest BCUT2D eigenvalue weighted by Gasteiger charge is -2.23. The van der Waals surface area contributed by atoms with E-state index in [1.165, 1.54) is 18.0 Å². The molecule has 1 aliphatic heterocycles. The number of alkyl halides is 3. The van der Waals surface area contributed by atoms with Gasteiger partial charge in [-0.05, 0) is 6.42 Å². The van der Waals surface area contributed by atoms with Gasteiger partial charge in [-0.1, -0.05) is 20.8 Å². The number of esters is 1. The summed E-state index contributed by atoms with van der Waals surface area (Å²) in [6, 6.07) is 0. The Morgan fingerprint density at radius 2 is 2.03 bits per heavy atom. The van der Waals surface area contributed by atoms with E-state index in [4.69, 9.17) is 14.2 Å². The number of halogens is 3. The molecule has 1 amide bonds. The molecule has 0 bridgehead atoms. The van der Waals surface area contributed by atoms with Gasteiger partial charge in [-0.15, -0.1) is 0 Å². The lowest BCUT2D eigenvalue weighted by molar-refractivity contribution is -0.191. The van der Waals surface area contributed by atoms with Crippen molar-refractivity contribution < 1.29 is 41.7 Å². The number of anilines is 1. The van der Waals surface area contributed by atoms with Crippen molar-refractivity contribution in [3.8, 4) is 0 Å². The Morgan fingerprint density at radius 3 is 2.63 bits per heavy atom. The van der Waals surface area contributed by atoms with Crippen molar-refractivity contribution in [3.05, 3.63) is 16.7 Å². The maximum absolute atomic E-state index is 12.5. The minimum atomic E-state index is -4.67. The molecule has 35 heavy (non-hydrogen) atoms. The molecule has 0 spiro atoms. The van der Waals surface area contributed by atoms with Gasteiger partial charge in [0.25, 0.3) is 5.56 Å². The third-order valence-corrected chi connectivity index (χ3v) is 5.22. The third kappa shape index (κ3) is 6.15. The molecule has 2 aromatic heterocycles. The number of ether oxygens (including phenoxy) is 4. The molecule has 0 aliphatic carbocycles. The van der Waals surface area contributed by atoms with E-state index in [2.05, 4.69) is 25.0 Å². The summed E-state index contributed by atoms with van der Waals surface area (Å²) in [7, 11) is 1.39. The molecule has 1 aliphatic rings. The number of hydrogen-bond donors (Lipinski definition) is 2. The van der Waals surface area contributed by atoms with Gasteiger partial charge < -0.3 is 18.9 Å². The Morgan fingerprint density at radius 1 is 1.31 bits per heavy atom. The molecule has 3 rings (SSSR count). The number of carbonyl (C=O) groups excluding carboxylic acids is 2. The van der Waals surface area contributed by atoms with E-state index in [0.29, 0.717) is 6.42 Å². The number of amides is 1. The summed E-state index contributed by atoms with van der Waals surface area (Å²) in [6.07, 6.45) is -6.14. The van der Waals surface area contributed by atoms with Crippen LogP contribution in [0.5, 0.6) is 0 Å². The number of aromatic nitrogens is 4. The number of H-pyrrole nitrogens is 1. The third-order valence-electron chi connectivity index (χ3n) is 5.22. The van der Waals surface area contributed by atoms with Gasteiger partial charge in [0.15, 0.2) is 24.0 Å². The quantitative estimate of drug-likeness (QED) is 0.484. The highest BCUT2D eigenvalue weighted by atomic mass is 19.4. The van der Waals surface area contributed by atoms with Crippen molar-refractivity contribution in [2.45, 2.75) is 57.9 Å². The van der Waals surface area contributed by atoms with Gasteiger partial charge >= 0.3 is 12.1 Å². The van der Waals surface area contributed by atoms with Gasteiger partial charge in [0.05, 0.1) is 12.4 Å². The fraction of sp³-hybridized carbons (Fsp3) is 0.650. The number of nitrogens with zero attached hydrogens (tertiary/aromatic N) is 3. The van der Waals surface area contributed by atoms with Crippen LogP contribution in [-0.4, -0.2) is 76.2 Å². The maximum Gasteiger partial charge on any atom is 0.422 e. The first-order chi connectivity index (χ1) is 16.4. The van der Waals surface area contributed by atoms with Gasteiger partial charge in [-0.2, -0.15) is 18.2 Å². The van der Waals surface area contributed by atoms with Crippen LogP contribution < -0.4 is 10.9 Å². The van der Waals surface area contributed by atoms with Crippen LogP contribution in [0, 0.1) is 5.92 Å². The second-order valence-electron chi connectivity index (χ2n) is 8.11. The molecule has 1 unspecified atom stereocenters. The van der Waals surface area contributed by atoms with Gasteiger partial charge in [0.2, 0.25) is 11.9 Å². The molecule has 0 radical (unpaired) electrons. The molecule has 1 fully saturated rings. The predicted octanol–water partition coefficient (Wildman–Crippen LogP) is 1.53. The van der Waals surface area contributed by atoms with Crippen LogP contribution in [0.4, 0.5) is 19.1 Å². The van der Waals surface area contributed by atoms with Crippen molar-refractivity contribution in [3.63, 3.8) is 0 Å². The summed E-state index contributed by atoms with van der Waals surface area (Å²) in [6.45, 7) is 2.62. The summed E-state index contributed by atoms with van der Waals surface area (Å²) in [4.78, 5) is 47.1. The molecule has 12 nitrogen and oxygen atoms in total. The first-order valence-corrected chi connectivity index (χ1v) is 10.7. The molecule has 0 saturated carbocycles. The maximum atomic E-state index is 12.5. The van der Waals surface area contributed by atoms with Crippen LogP contribution in [0.2, 0.25) is 0 Å². The lowest BCUT2D eigenvalue weighted by Crippen LogP contribution is -2.37. The fourth-order valence-electron chi connectivity index (χ4n) is 3.52. The molecule has 0 aromatic carbocycles. The smallest absolute Gasteiger partial charge is 0.422 e. The molecule has 194 valence electrons. The van der Waals surface area contributed by atoms with E-state index in [1.54, 1.807) is 13.8 Å². The number of rotatable bonds is 9. The fourth-order valence-corrected chi connectivity index (χ4v) is 3.52. The SMILES string of the molecule is CC[C@H]1O[C@@H](n2cnc3c(=O)[nH]c(NC(=O)C(C)C)nc32)[C@@H](OCC(=O)OCC(F)(F)F)C1OC. The van der Waals surface area contributed by atoms with Crippen LogP contribution in [0.25, 0.3) is 11.2 Å². The lowest BCUT2D eigenvalue weighted by atomic mass is 10.1. The summed E-state index contributed by atoms with van der Waals surface area (Å²) in [5.74, 6) is -2.08. The van der Waals surface area contributed by atoms with Gasteiger partial charge in [-0.25, -0.2) is 9.78 Å². The number of fused-ring (bicyclic) bond motifs is 1. The standard InChI is InChI=1S/C20H26F3N5O7/c1-5-10-13(32-4)14(33-6-11(29)34-7-20(21,22)23)18(35-10)28-8-24-12-15(28)25-19(27-17(12)31)26-16(30)9(2)3/h8-10,13-14,18H,5-7H2,1-4H3,(H2,25,26,27,30,31)/t10-,13?,14+,18-/m1/s1. The Hall–Kier alpha value is -3.04. The van der Waals surface area contributed by atoms with E-state index in [0.717, 1.165) is 0 Å². The van der Waals surface area contributed by atoms with E-state index in [-0.39, 0.29) is 28.9 Å². The number of hydrogen-bond acceptors (Lipinski definition) is 9. The zero-order chi connectivity index (χ0) is 25.9. The number of aromatic amines is 1. The first kappa shape index (κ1) is 26.6. The monoisotopic (exact) mass is 505 g/mol. The Balaban J connectivity index is 1.90. The molecule has 15 heteroatoms. The summed E-state index contributed by atoms with van der Waals surface area (Å²) in [5.41, 5.74) is -0.611. The van der Waals surface area contributed by atoms with E-state index < -0.39 is 55.5 Å². The van der Waals surface area contributed by atoms with Crippen LogP contribution in [0.1, 0.15) is 33.4 Å². The second kappa shape index (κ2) is 10.7. The Kier molecular flexibility index (Phi) is 8.12. The normalized spacial score (nSPS) is 22.6. The predicted molar refractivity (Wildman–Crippen MR) is 113 cm³/mol. The number of nitrogens with one attached hydrogen (secondary N) is 2. The Bertz CT molecular complexity index is 1120. The molecule has 2 aromatic rings. The van der Waals surface area contributed by atoms with Crippen molar-refractivity contribution in [2.24, 2.45) is 5.92 Å². The van der Waals surface area contributed by atoms with Crippen LogP contribution in [0.15, 0.2) is 11.1 Å². The van der Waals surface area contributed by atoms with E-state index in [9.17, 15) is 27.6 Å². The topological polar surface area (TPSA) is 147 Å². The van der Waals surface area contributed by atoms with Crippen LogP contribution >= 0.6 is 0 Å². The zero-order valence-corrected chi connectivity index (χ0v) is 19.4. The molecule has 1 saturated heterocycles. The summed E-state index contributed by atoms with van der Waals surface area (Å²) < 4.78 is 59.6. The highest BCUT2D eigenvalue weighted by Crippen LogP contribution is 2.36. The molecular weight excluding hydrogens is 479 g/mol. The van der Waals surface area contributed by atoms with Gasteiger partial charge in [0.1, 0.15) is 18.8 Å². The first-order valence-electron chi connectivity index (χ1n) is 10.7. The van der Waals surface area contributed by atoms with Crippen LogP contribution in [-0.2, 0) is 28.5 Å². The summed E-state index contributed by atoms with van der Waals surface area (Å²) in [5, 5.41) is 2.50. The second-order valence-corrected chi connectivity index (χ2v) is 8.11. The van der Waals surface area contributed by atoms with E-state index >= 15 is 0 Å². The van der Waals surface area contributed by atoms with Crippen molar-refractivity contribution in [1.82, 2.24) is 19.5 Å². The van der Waals surface area contributed by atoms with Crippen molar-refractivity contribution in [2.75, 3.05) is 25.6 Å². The highest BCUT2D eigenvalue weighted by Gasteiger charge is 2.47. The average Bonchev–Trinajstić information content (AvgIpc) is 3.36. The average molecular weight is 505 g/mol. The van der Waals surface area contributed by atoms with Gasteiger partial charge in [-0.3, -0.25) is 24.5 Å². The number of imidazole rings is 1. The van der Waals surface area contributed by atoms with Crippen molar-refractivity contribution >= 4 is 29.0 Å². The Labute approximate surface area is 197 Å². The largest absolute Gasteiger partial charge is 0.454 e.